The first-order valence-corrected chi connectivity index (χ1v) is 5.48. The minimum atomic E-state index is -0.155. The van der Waals surface area contributed by atoms with Gasteiger partial charge in [-0.15, -0.1) is 11.6 Å². The van der Waals surface area contributed by atoms with E-state index in [1.807, 2.05) is 6.92 Å². The smallest absolute Gasteiger partial charge is 0.311 e. The minimum absolute atomic E-state index is 0.0468. The number of rotatable bonds is 5. The molecule has 0 aliphatic heterocycles. The first kappa shape index (κ1) is 11.6. The highest BCUT2D eigenvalue weighted by molar-refractivity contribution is 6.19. The lowest BCUT2D eigenvalue weighted by molar-refractivity contribution is -0.147. The zero-order valence-electron chi connectivity index (χ0n) is 8.81. The molecule has 2 nitrogen and oxygen atoms in total. The average molecular weight is 217 g/mol. The zero-order valence-corrected chi connectivity index (χ0v) is 9.56. The lowest BCUT2D eigenvalue weighted by Crippen LogP contribution is -2.16. The summed E-state index contributed by atoms with van der Waals surface area (Å²) in [6.45, 7) is 2.00. The van der Waals surface area contributed by atoms with Gasteiger partial charge in [-0.2, -0.15) is 0 Å². The molecule has 3 heteroatoms. The van der Waals surface area contributed by atoms with E-state index in [2.05, 4.69) is 6.08 Å². The molecule has 0 bridgehead atoms. The van der Waals surface area contributed by atoms with E-state index in [4.69, 9.17) is 16.3 Å². The van der Waals surface area contributed by atoms with Crippen LogP contribution < -0.4 is 0 Å². The Bertz CT molecular complexity index is 242. The lowest BCUT2D eigenvalue weighted by Gasteiger charge is -2.10. The van der Waals surface area contributed by atoms with E-state index >= 15 is 0 Å². The molecule has 0 saturated heterocycles. The Morgan fingerprint density at radius 3 is 2.64 bits per heavy atom. The van der Waals surface area contributed by atoms with Crippen molar-refractivity contribution in [1.82, 2.24) is 0 Å². The van der Waals surface area contributed by atoms with E-state index in [1.165, 1.54) is 12.7 Å². The van der Waals surface area contributed by atoms with Crippen molar-refractivity contribution in [3.05, 3.63) is 11.6 Å². The molecular weight excluding hydrogens is 200 g/mol. The fourth-order valence-electron chi connectivity index (χ4n) is 1.57. The van der Waals surface area contributed by atoms with Gasteiger partial charge in [0, 0.05) is 5.88 Å². The second-order valence-electron chi connectivity index (χ2n) is 3.99. The van der Waals surface area contributed by atoms with Crippen LogP contribution in [0.4, 0.5) is 0 Å². The maximum absolute atomic E-state index is 11.4. The minimum Gasteiger partial charge on any atom is -0.469 e. The van der Waals surface area contributed by atoms with E-state index < -0.39 is 0 Å². The molecule has 0 aromatic carbocycles. The van der Waals surface area contributed by atoms with Crippen molar-refractivity contribution >= 4 is 17.6 Å². The molecule has 0 unspecified atom stereocenters. The molecule has 1 aliphatic rings. The van der Waals surface area contributed by atoms with Gasteiger partial charge in [0.25, 0.3) is 0 Å². The Kier molecular flexibility index (Phi) is 3.99. The lowest BCUT2D eigenvalue weighted by atomic mass is 10.00. The van der Waals surface area contributed by atoms with Crippen LogP contribution in [-0.2, 0) is 9.53 Å². The molecule has 0 atom stereocenters. The fraction of sp³-hybridized carbons (Fsp3) is 0.727. The van der Waals surface area contributed by atoms with Gasteiger partial charge in [-0.05, 0) is 32.6 Å². The predicted molar refractivity (Wildman–Crippen MR) is 57.4 cm³/mol. The number of carbonyl (C=O) groups excluding carboxylic acids is 1. The number of alkyl halides is 1. The third kappa shape index (κ3) is 2.74. The summed E-state index contributed by atoms with van der Waals surface area (Å²) in [6.07, 6.45) is 5.89. The summed E-state index contributed by atoms with van der Waals surface area (Å²) in [5.41, 5.74) is 1.02. The van der Waals surface area contributed by atoms with E-state index in [1.54, 1.807) is 0 Å². The van der Waals surface area contributed by atoms with Gasteiger partial charge in [-0.3, -0.25) is 4.79 Å². The molecular formula is C11H17ClO2. The van der Waals surface area contributed by atoms with Crippen LogP contribution >= 0.6 is 11.6 Å². The Hall–Kier alpha value is -0.500. The molecule has 1 saturated carbocycles. The van der Waals surface area contributed by atoms with Crippen LogP contribution in [0.3, 0.4) is 0 Å². The highest BCUT2D eigenvalue weighted by Gasteiger charge is 2.49. The Morgan fingerprint density at radius 1 is 1.57 bits per heavy atom. The van der Waals surface area contributed by atoms with Gasteiger partial charge >= 0.3 is 5.97 Å². The largest absolute Gasteiger partial charge is 0.469 e. The fourth-order valence-corrected chi connectivity index (χ4v) is 1.68. The molecule has 1 fully saturated rings. The molecule has 0 aromatic heterocycles. The van der Waals surface area contributed by atoms with Crippen LogP contribution in [0.25, 0.3) is 0 Å². The van der Waals surface area contributed by atoms with Gasteiger partial charge in [0.1, 0.15) is 0 Å². The summed E-state index contributed by atoms with van der Waals surface area (Å²) in [6, 6.07) is 0. The standard InChI is InChI=1S/C11H17ClO2/c1-9(8-12)4-3-5-11(6-7-11)10(13)14-2/h4H,3,5-8H2,1-2H3/b9-4+. The molecule has 0 spiro atoms. The summed E-state index contributed by atoms with van der Waals surface area (Å²) < 4.78 is 4.78. The Morgan fingerprint density at radius 2 is 2.21 bits per heavy atom. The Balaban J connectivity index is 2.35. The highest BCUT2D eigenvalue weighted by Crippen LogP contribution is 2.50. The number of hydrogen-bond donors (Lipinski definition) is 0. The van der Waals surface area contributed by atoms with E-state index in [-0.39, 0.29) is 11.4 Å². The molecule has 0 amide bonds. The van der Waals surface area contributed by atoms with Gasteiger partial charge < -0.3 is 4.74 Å². The number of carbonyl (C=O) groups is 1. The van der Waals surface area contributed by atoms with Gasteiger partial charge in [-0.1, -0.05) is 11.6 Å². The van der Waals surface area contributed by atoms with Crippen molar-refractivity contribution in [2.24, 2.45) is 5.41 Å². The molecule has 0 N–H and O–H groups in total. The molecule has 80 valence electrons. The van der Waals surface area contributed by atoms with Crippen molar-refractivity contribution in [2.75, 3.05) is 13.0 Å². The summed E-state index contributed by atoms with van der Waals surface area (Å²) in [7, 11) is 1.46. The first-order chi connectivity index (χ1) is 6.64. The number of allylic oxidation sites excluding steroid dienone is 2. The van der Waals surface area contributed by atoms with E-state index in [0.29, 0.717) is 5.88 Å². The summed E-state index contributed by atoms with van der Waals surface area (Å²) in [5, 5.41) is 0. The summed E-state index contributed by atoms with van der Waals surface area (Å²) in [5.74, 6) is 0.528. The van der Waals surface area contributed by atoms with Crippen molar-refractivity contribution in [2.45, 2.75) is 32.6 Å². The zero-order chi connectivity index (χ0) is 10.6. The summed E-state index contributed by atoms with van der Waals surface area (Å²) >= 11 is 5.65. The van der Waals surface area contributed by atoms with Crippen molar-refractivity contribution < 1.29 is 9.53 Å². The van der Waals surface area contributed by atoms with Crippen LogP contribution in [-0.4, -0.2) is 19.0 Å². The third-order valence-corrected chi connectivity index (χ3v) is 3.22. The van der Waals surface area contributed by atoms with Crippen LogP contribution in [0.5, 0.6) is 0 Å². The number of hydrogen-bond acceptors (Lipinski definition) is 2. The second kappa shape index (κ2) is 4.83. The topological polar surface area (TPSA) is 26.3 Å². The quantitative estimate of drug-likeness (QED) is 0.401. The summed E-state index contributed by atoms with van der Waals surface area (Å²) in [4.78, 5) is 11.4. The number of halogens is 1. The predicted octanol–water partition coefficient (Wildman–Crippen LogP) is 2.90. The van der Waals surface area contributed by atoms with Gasteiger partial charge in [0.2, 0.25) is 0 Å². The number of esters is 1. The number of ether oxygens (including phenoxy) is 1. The Labute approximate surface area is 90.3 Å². The van der Waals surface area contributed by atoms with E-state index in [0.717, 1.165) is 25.7 Å². The van der Waals surface area contributed by atoms with Crippen molar-refractivity contribution in [3.8, 4) is 0 Å². The SMILES string of the molecule is COC(=O)C1(CC/C=C(\C)CCl)CC1. The molecule has 0 heterocycles. The van der Waals surface area contributed by atoms with Crippen LogP contribution in [0, 0.1) is 5.41 Å². The molecule has 1 rings (SSSR count). The van der Waals surface area contributed by atoms with Crippen LogP contribution in [0.1, 0.15) is 32.6 Å². The van der Waals surface area contributed by atoms with E-state index in [9.17, 15) is 4.79 Å². The van der Waals surface area contributed by atoms with Gasteiger partial charge in [-0.25, -0.2) is 0 Å². The average Bonchev–Trinajstić information content (AvgIpc) is 2.97. The number of methoxy groups -OCH3 is 1. The highest BCUT2D eigenvalue weighted by atomic mass is 35.5. The third-order valence-electron chi connectivity index (χ3n) is 2.80. The maximum Gasteiger partial charge on any atom is 0.311 e. The van der Waals surface area contributed by atoms with Gasteiger partial charge in [0.05, 0.1) is 12.5 Å². The van der Waals surface area contributed by atoms with Crippen molar-refractivity contribution in [1.29, 1.82) is 0 Å². The second-order valence-corrected chi connectivity index (χ2v) is 4.26. The monoisotopic (exact) mass is 216 g/mol. The molecule has 1 aliphatic carbocycles. The van der Waals surface area contributed by atoms with Crippen LogP contribution in [0.15, 0.2) is 11.6 Å². The van der Waals surface area contributed by atoms with Gasteiger partial charge in [0.15, 0.2) is 0 Å². The molecule has 0 radical (unpaired) electrons. The maximum atomic E-state index is 11.4. The van der Waals surface area contributed by atoms with Crippen molar-refractivity contribution in [3.63, 3.8) is 0 Å². The molecule has 14 heavy (non-hydrogen) atoms. The van der Waals surface area contributed by atoms with Crippen LogP contribution in [0.2, 0.25) is 0 Å². The normalized spacial score (nSPS) is 19.2. The molecule has 0 aromatic rings. The first-order valence-electron chi connectivity index (χ1n) is 4.94.